The maximum absolute atomic E-state index is 10.7. The monoisotopic (exact) mass is 378 g/mol. The van der Waals surface area contributed by atoms with Gasteiger partial charge in [-0.05, 0) is 79.3 Å². The fraction of sp³-hybridized carbons (Fsp3) is 0.0417. The molecule has 0 amide bonds. The molecule has 0 atom stereocenters. The van der Waals surface area contributed by atoms with Crippen LogP contribution in [0.1, 0.15) is 28.3 Å². The third-order valence-electron chi connectivity index (χ3n) is 4.87. The van der Waals surface area contributed by atoms with E-state index < -0.39 is 0 Å². The van der Waals surface area contributed by atoms with E-state index in [0.717, 1.165) is 56.7 Å². The van der Waals surface area contributed by atoms with Gasteiger partial charge in [-0.1, -0.05) is 6.08 Å². The van der Waals surface area contributed by atoms with Crippen LogP contribution in [-0.4, -0.2) is 26.2 Å². The largest absolute Gasteiger partial charge is 0.355 e. The van der Waals surface area contributed by atoms with Crippen molar-refractivity contribution in [1.82, 2.24) is 19.9 Å². The second-order valence-corrected chi connectivity index (χ2v) is 6.93. The maximum atomic E-state index is 10.7. The molecule has 3 aromatic rings. The Morgan fingerprint density at radius 3 is 2.10 bits per heavy atom. The smallest absolute Gasteiger partial charge is 0.142 e. The zero-order chi connectivity index (χ0) is 19.6. The first-order valence-corrected chi connectivity index (χ1v) is 9.43. The summed E-state index contributed by atoms with van der Waals surface area (Å²) in [5.41, 5.74) is 8.52. The SMILES string of the molecule is O=C/C=C/Cc1c2nc(cc3ccc(cc4nc(cc5ccc1[nH]5)C=C4)[nH]3)C=C2. The molecule has 5 rings (SSSR count). The van der Waals surface area contributed by atoms with Crippen LogP contribution in [-0.2, 0) is 11.2 Å². The van der Waals surface area contributed by atoms with Crippen molar-refractivity contribution in [3.8, 4) is 0 Å². The molecule has 3 aromatic heterocycles. The summed E-state index contributed by atoms with van der Waals surface area (Å²) in [5.74, 6) is 0. The second-order valence-electron chi connectivity index (χ2n) is 6.93. The van der Waals surface area contributed by atoms with Gasteiger partial charge in [-0.25, -0.2) is 9.97 Å². The molecule has 0 unspecified atom stereocenters. The highest BCUT2D eigenvalue weighted by Gasteiger charge is 2.07. The van der Waals surface area contributed by atoms with Gasteiger partial charge in [-0.15, -0.1) is 0 Å². The fourth-order valence-electron chi connectivity index (χ4n) is 3.52. The van der Waals surface area contributed by atoms with Gasteiger partial charge in [0.15, 0.2) is 0 Å². The van der Waals surface area contributed by atoms with Crippen LogP contribution >= 0.6 is 0 Å². The van der Waals surface area contributed by atoms with E-state index >= 15 is 0 Å². The first-order chi connectivity index (χ1) is 14.3. The van der Waals surface area contributed by atoms with Crippen LogP contribution < -0.4 is 0 Å². The molecule has 2 aliphatic heterocycles. The third kappa shape index (κ3) is 3.58. The fourth-order valence-corrected chi connectivity index (χ4v) is 3.52. The Balaban J connectivity index is 1.82. The lowest BCUT2D eigenvalue weighted by Gasteiger charge is -1.98. The van der Waals surface area contributed by atoms with Gasteiger partial charge < -0.3 is 9.97 Å². The van der Waals surface area contributed by atoms with E-state index in [2.05, 4.69) is 15.0 Å². The summed E-state index contributed by atoms with van der Waals surface area (Å²) in [5, 5.41) is 0. The van der Waals surface area contributed by atoms with Crippen LogP contribution in [0.2, 0.25) is 0 Å². The van der Waals surface area contributed by atoms with Crippen molar-refractivity contribution in [2.24, 2.45) is 0 Å². The molecule has 5 heteroatoms. The van der Waals surface area contributed by atoms with E-state index in [1.165, 1.54) is 6.08 Å². The summed E-state index contributed by atoms with van der Waals surface area (Å²) in [7, 11) is 0. The average Bonchev–Trinajstić information content (AvgIpc) is 3.49. The van der Waals surface area contributed by atoms with Crippen molar-refractivity contribution < 1.29 is 4.79 Å². The van der Waals surface area contributed by atoms with Gasteiger partial charge in [0.05, 0.1) is 22.8 Å². The quantitative estimate of drug-likeness (QED) is 0.344. The molecular formula is C24H18N4O. The lowest BCUT2D eigenvalue weighted by Crippen LogP contribution is -1.88. The van der Waals surface area contributed by atoms with E-state index in [4.69, 9.17) is 4.98 Å². The standard InChI is InChI=1S/C24H18N4O/c29-12-2-1-3-22-23-10-8-20(27-23)14-18-6-4-16(25-18)13-17-5-7-19(26-17)15-21-9-11-24(22)28-21/h1-2,4-15,25,28H,3H2/b2-1+,16-13?,17-13?,18-14?,19-15?,20-14?,21-15?,23-22?,24-22?. The molecule has 0 radical (unpaired) electrons. The zero-order valence-electron chi connectivity index (χ0n) is 15.6. The van der Waals surface area contributed by atoms with Crippen LogP contribution in [0.3, 0.4) is 0 Å². The van der Waals surface area contributed by atoms with E-state index in [1.807, 2.05) is 72.8 Å². The van der Waals surface area contributed by atoms with Crippen molar-refractivity contribution in [3.63, 3.8) is 0 Å². The number of hydrogen-bond acceptors (Lipinski definition) is 3. The number of nitrogens with zero attached hydrogens (tertiary/aromatic N) is 2. The molecule has 0 aromatic carbocycles. The van der Waals surface area contributed by atoms with E-state index in [9.17, 15) is 4.79 Å². The van der Waals surface area contributed by atoms with Crippen molar-refractivity contribution >= 4 is 52.7 Å². The Kier molecular flexibility index (Phi) is 4.26. The number of carbonyl (C=O) groups is 1. The number of hydrogen-bond donors (Lipinski definition) is 2. The number of rotatable bonds is 3. The topological polar surface area (TPSA) is 74.4 Å². The van der Waals surface area contributed by atoms with Crippen molar-refractivity contribution in [2.45, 2.75) is 6.42 Å². The van der Waals surface area contributed by atoms with Crippen molar-refractivity contribution in [2.75, 3.05) is 0 Å². The summed E-state index contributed by atoms with van der Waals surface area (Å²) < 4.78 is 0. The molecule has 2 aliphatic rings. The molecule has 0 spiro atoms. The second kappa shape index (κ2) is 7.20. The number of nitrogens with one attached hydrogen (secondary N) is 2. The number of carbonyl (C=O) groups excluding carboxylic acids is 1. The molecule has 140 valence electrons. The van der Waals surface area contributed by atoms with Crippen LogP contribution in [0.25, 0.3) is 46.4 Å². The number of H-pyrrole nitrogens is 2. The summed E-state index contributed by atoms with van der Waals surface area (Å²) >= 11 is 0. The minimum atomic E-state index is 0.607. The number of fused-ring (bicyclic) bond motifs is 8. The molecule has 0 fully saturated rings. The van der Waals surface area contributed by atoms with E-state index in [-0.39, 0.29) is 0 Å². The molecule has 2 N–H and O–H groups in total. The van der Waals surface area contributed by atoms with Crippen LogP contribution in [0.4, 0.5) is 0 Å². The Bertz CT molecular complexity index is 1350. The molecular weight excluding hydrogens is 360 g/mol. The number of aldehydes is 1. The van der Waals surface area contributed by atoms with Crippen molar-refractivity contribution in [3.05, 3.63) is 83.0 Å². The van der Waals surface area contributed by atoms with Crippen LogP contribution in [0.5, 0.6) is 0 Å². The molecule has 5 nitrogen and oxygen atoms in total. The molecule has 0 aliphatic carbocycles. The summed E-state index contributed by atoms with van der Waals surface area (Å²) in [4.78, 5) is 27.0. The number of aromatic nitrogens is 4. The molecule has 0 saturated heterocycles. The van der Waals surface area contributed by atoms with Crippen LogP contribution in [0.15, 0.2) is 54.6 Å². The zero-order valence-corrected chi connectivity index (χ0v) is 15.6. The Labute approximate surface area is 167 Å². The predicted octanol–water partition coefficient (Wildman–Crippen LogP) is 4.95. The number of aromatic amines is 2. The maximum Gasteiger partial charge on any atom is 0.142 e. The van der Waals surface area contributed by atoms with E-state index in [0.29, 0.717) is 6.42 Å². The average molecular weight is 378 g/mol. The van der Waals surface area contributed by atoms with Gasteiger partial charge in [0.25, 0.3) is 0 Å². The predicted molar refractivity (Wildman–Crippen MR) is 118 cm³/mol. The first-order valence-electron chi connectivity index (χ1n) is 9.43. The normalized spacial score (nSPS) is 12.7. The highest BCUT2D eigenvalue weighted by atomic mass is 16.1. The minimum absolute atomic E-state index is 0.607. The summed E-state index contributed by atoms with van der Waals surface area (Å²) in [6, 6.07) is 14.2. The lowest BCUT2D eigenvalue weighted by atomic mass is 10.1. The molecule has 29 heavy (non-hydrogen) atoms. The summed E-state index contributed by atoms with van der Waals surface area (Å²) in [6.45, 7) is 0. The molecule has 8 bridgehead atoms. The van der Waals surface area contributed by atoms with Crippen molar-refractivity contribution in [1.29, 1.82) is 0 Å². The third-order valence-corrected chi connectivity index (χ3v) is 4.87. The van der Waals surface area contributed by atoms with Gasteiger partial charge in [-0.3, -0.25) is 4.79 Å². The highest BCUT2D eigenvalue weighted by Crippen LogP contribution is 2.21. The highest BCUT2D eigenvalue weighted by molar-refractivity contribution is 5.79. The van der Waals surface area contributed by atoms with Gasteiger partial charge in [0.2, 0.25) is 0 Å². The molecule has 0 saturated carbocycles. The van der Waals surface area contributed by atoms with E-state index in [1.54, 1.807) is 0 Å². The lowest BCUT2D eigenvalue weighted by molar-refractivity contribution is -0.104. The minimum Gasteiger partial charge on any atom is -0.355 e. The Hall–Kier alpha value is -3.99. The Morgan fingerprint density at radius 1 is 0.759 bits per heavy atom. The van der Waals surface area contributed by atoms with Gasteiger partial charge in [0, 0.05) is 27.6 Å². The van der Waals surface area contributed by atoms with Gasteiger partial charge in [-0.2, -0.15) is 0 Å². The van der Waals surface area contributed by atoms with Gasteiger partial charge in [0.1, 0.15) is 6.29 Å². The Morgan fingerprint density at radius 2 is 1.38 bits per heavy atom. The first kappa shape index (κ1) is 17.1. The van der Waals surface area contributed by atoms with Crippen LogP contribution in [0, 0.1) is 0 Å². The summed E-state index contributed by atoms with van der Waals surface area (Å²) in [6.07, 6.45) is 12.8. The number of allylic oxidation sites excluding steroid dienone is 2. The molecule has 5 heterocycles. The van der Waals surface area contributed by atoms with Gasteiger partial charge >= 0.3 is 0 Å².